The van der Waals surface area contributed by atoms with Crippen LogP contribution in [0.3, 0.4) is 0 Å². The van der Waals surface area contributed by atoms with Crippen molar-refractivity contribution in [3.63, 3.8) is 0 Å². The SMILES string of the molecule is COc1ccc(C2=C(N3CCCCC3)C(=O)N(c3cccc(C(F)(F)F)c3)C2=O)cc1. The molecule has 4 rings (SSSR count). The normalized spacial score (nSPS) is 17.5. The molecular formula is C23H21F3N2O3. The van der Waals surface area contributed by atoms with Crippen LogP contribution in [0, 0.1) is 0 Å². The molecule has 8 heteroatoms. The van der Waals surface area contributed by atoms with Crippen molar-refractivity contribution in [1.82, 2.24) is 4.90 Å². The van der Waals surface area contributed by atoms with Crippen LogP contribution in [0.5, 0.6) is 5.75 Å². The molecule has 0 saturated carbocycles. The van der Waals surface area contributed by atoms with E-state index in [4.69, 9.17) is 4.74 Å². The molecule has 5 nitrogen and oxygen atoms in total. The van der Waals surface area contributed by atoms with Gasteiger partial charge in [0.05, 0.1) is 23.9 Å². The number of amides is 2. The predicted octanol–water partition coefficient (Wildman–Crippen LogP) is 4.48. The number of nitrogens with zero attached hydrogens (tertiary/aromatic N) is 2. The number of piperidine rings is 1. The second-order valence-electron chi connectivity index (χ2n) is 7.49. The van der Waals surface area contributed by atoms with E-state index in [1.54, 1.807) is 24.3 Å². The van der Waals surface area contributed by atoms with E-state index in [0.717, 1.165) is 36.3 Å². The molecule has 0 aromatic heterocycles. The highest BCUT2D eigenvalue weighted by Gasteiger charge is 2.43. The summed E-state index contributed by atoms with van der Waals surface area (Å²) in [5, 5.41) is 0. The first kappa shape index (κ1) is 21.0. The number of likely N-dealkylation sites (tertiary alicyclic amines) is 1. The molecule has 162 valence electrons. The molecule has 2 aliphatic heterocycles. The molecule has 0 radical (unpaired) electrons. The van der Waals surface area contributed by atoms with Crippen LogP contribution in [0.1, 0.15) is 30.4 Å². The van der Waals surface area contributed by atoms with Crippen molar-refractivity contribution in [2.75, 3.05) is 25.1 Å². The summed E-state index contributed by atoms with van der Waals surface area (Å²) in [4.78, 5) is 29.5. The number of carbonyl (C=O) groups is 2. The maximum atomic E-state index is 13.4. The van der Waals surface area contributed by atoms with E-state index in [-0.39, 0.29) is 17.0 Å². The summed E-state index contributed by atoms with van der Waals surface area (Å²) < 4.78 is 44.8. The summed E-state index contributed by atoms with van der Waals surface area (Å²) in [6.45, 7) is 1.23. The topological polar surface area (TPSA) is 49.9 Å². The Morgan fingerprint density at radius 3 is 2.19 bits per heavy atom. The number of alkyl halides is 3. The first-order valence-corrected chi connectivity index (χ1v) is 10.0. The van der Waals surface area contributed by atoms with Crippen LogP contribution in [-0.2, 0) is 15.8 Å². The van der Waals surface area contributed by atoms with Gasteiger partial charge in [-0.1, -0.05) is 18.2 Å². The summed E-state index contributed by atoms with van der Waals surface area (Å²) in [5.41, 5.74) is -0.0423. The van der Waals surface area contributed by atoms with Gasteiger partial charge in [0.2, 0.25) is 0 Å². The number of benzene rings is 2. The van der Waals surface area contributed by atoms with Gasteiger partial charge in [-0.2, -0.15) is 13.2 Å². The maximum Gasteiger partial charge on any atom is 0.416 e. The Balaban J connectivity index is 1.80. The Hall–Kier alpha value is -3.29. The molecule has 0 spiro atoms. The second kappa shape index (κ2) is 8.09. The Kier molecular flexibility index (Phi) is 5.47. The van der Waals surface area contributed by atoms with E-state index in [2.05, 4.69) is 0 Å². The minimum Gasteiger partial charge on any atom is -0.497 e. The van der Waals surface area contributed by atoms with Crippen molar-refractivity contribution in [1.29, 1.82) is 0 Å². The number of anilines is 1. The van der Waals surface area contributed by atoms with Crippen LogP contribution in [-0.4, -0.2) is 36.9 Å². The zero-order chi connectivity index (χ0) is 22.2. The van der Waals surface area contributed by atoms with Crippen LogP contribution in [0.25, 0.3) is 5.57 Å². The minimum atomic E-state index is -4.58. The van der Waals surface area contributed by atoms with E-state index in [1.165, 1.54) is 19.2 Å². The van der Waals surface area contributed by atoms with Crippen molar-refractivity contribution in [3.8, 4) is 5.75 Å². The van der Waals surface area contributed by atoms with E-state index >= 15 is 0 Å². The number of carbonyl (C=O) groups excluding carboxylic acids is 2. The summed E-state index contributed by atoms with van der Waals surface area (Å²) in [7, 11) is 1.52. The third-order valence-corrected chi connectivity index (χ3v) is 5.54. The van der Waals surface area contributed by atoms with Gasteiger partial charge in [0.15, 0.2) is 0 Å². The van der Waals surface area contributed by atoms with Gasteiger partial charge in [-0.05, 0) is 55.2 Å². The highest BCUT2D eigenvalue weighted by atomic mass is 19.4. The van der Waals surface area contributed by atoms with Gasteiger partial charge in [0.25, 0.3) is 11.8 Å². The number of halogens is 3. The highest BCUT2D eigenvalue weighted by molar-refractivity contribution is 6.45. The molecule has 31 heavy (non-hydrogen) atoms. The summed E-state index contributed by atoms with van der Waals surface area (Å²) >= 11 is 0. The standard InChI is InChI=1S/C23H21F3N2O3/c1-31-18-10-8-15(9-11-18)19-20(27-12-3-2-4-13-27)22(30)28(21(19)29)17-7-5-6-16(14-17)23(24,25)26/h5-11,14H,2-4,12-13H2,1H3. The van der Waals surface area contributed by atoms with Crippen LogP contribution < -0.4 is 9.64 Å². The molecule has 2 amide bonds. The fourth-order valence-corrected chi connectivity index (χ4v) is 4.00. The number of methoxy groups -OCH3 is 1. The third-order valence-electron chi connectivity index (χ3n) is 5.54. The van der Waals surface area contributed by atoms with Crippen molar-refractivity contribution < 1.29 is 27.5 Å². The van der Waals surface area contributed by atoms with Crippen molar-refractivity contribution in [2.45, 2.75) is 25.4 Å². The lowest BCUT2D eigenvalue weighted by Gasteiger charge is -2.29. The predicted molar refractivity (Wildman–Crippen MR) is 109 cm³/mol. The van der Waals surface area contributed by atoms with Crippen LogP contribution >= 0.6 is 0 Å². The first-order valence-electron chi connectivity index (χ1n) is 10.0. The van der Waals surface area contributed by atoms with Gasteiger partial charge in [0.1, 0.15) is 11.4 Å². The smallest absolute Gasteiger partial charge is 0.416 e. The average molecular weight is 430 g/mol. The fourth-order valence-electron chi connectivity index (χ4n) is 4.00. The molecule has 1 saturated heterocycles. The quantitative estimate of drug-likeness (QED) is 0.671. The molecule has 0 unspecified atom stereocenters. The average Bonchev–Trinajstić information content (AvgIpc) is 3.04. The summed E-state index contributed by atoms with van der Waals surface area (Å²) in [5.74, 6) is -0.637. The molecule has 2 heterocycles. The Bertz CT molecular complexity index is 1040. The lowest BCUT2D eigenvalue weighted by atomic mass is 10.0. The minimum absolute atomic E-state index is 0.0946. The van der Waals surface area contributed by atoms with Crippen LogP contribution in [0.4, 0.5) is 18.9 Å². The van der Waals surface area contributed by atoms with Gasteiger partial charge < -0.3 is 9.64 Å². The van der Waals surface area contributed by atoms with E-state index in [9.17, 15) is 22.8 Å². The Morgan fingerprint density at radius 1 is 0.903 bits per heavy atom. The van der Waals surface area contributed by atoms with E-state index in [1.807, 2.05) is 4.90 Å². The number of imide groups is 1. The van der Waals surface area contributed by atoms with Crippen molar-refractivity contribution >= 4 is 23.1 Å². The maximum absolute atomic E-state index is 13.4. The van der Waals surface area contributed by atoms with Crippen molar-refractivity contribution in [3.05, 3.63) is 65.4 Å². The van der Waals surface area contributed by atoms with Crippen LogP contribution in [0.2, 0.25) is 0 Å². The molecule has 0 N–H and O–H groups in total. The highest BCUT2D eigenvalue weighted by Crippen LogP contribution is 2.38. The number of rotatable bonds is 4. The van der Waals surface area contributed by atoms with Gasteiger partial charge in [-0.25, -0.2) is 4.90 Å². The molecule has 2 aromatic rings. The molecular weight excluding hydrogens is 409 g/mol. The largest absolute Gasteiger partial charge is 0.497 e. The van der Waals surface area contributed by atoms with Crippen LogP contribution in [0.15, 0.2) is 54.2 Å². The van der Waals surface area contributed by atoms with Gasteiger partial charge in [-0.3, -0.25) is 9.59 Å². The summed E-state index contributed by atoms with van der Waals surface area (Å²) in [6.07, 6.45) is -1.79. The third kappa shape index (κ3) is 3.89. The molecule has 2 aromatic carbocycles. The lowest BCUT2D eigenvalue weighted by molar-refractivity contribution is -0.137. The Labute approximate surface area is 177 Å². The van der Waals surface area contributed by atoms with E-state index < -0.39 is 23.6 Å². The molecule has 1 fully saturated rings. The fraction of sp³-hybridized carbons (Fsp3) is 0.304. The van der Waals surface area contributed by atoms with E-state index in [0.29, 0.717) is 24.4 Å². The van der Waals surface area contributed by atoms with Crippen molar-refractivity contribution in [2.24, 2.45) is 0 Å². The van der Waals surface area contributed by atoms with Gasteiger partial charge in [-0.15, -0.1) is 0 Å². The Morgan fingerprint density at radius 2 is 1.58 bits per heavy atom. The number of hydrogen-bond donors (Lipinski definition) is 0. The monoisotopic (exact) mass is 430 g/mol. The molecule has 0 aliphatic carbocycles. The second-order valence-corrected chi connectivity index (χ2v) is 7.49. The number of hydrogen-bond acceptors (Lipinski definition) is 4. The molecule has 0 atom stereocenters. The van der Waals surface area contributed by atoms with Gasteiger partial charge in [0, 0.05) is 13.1 Å². The zero-order valence-electron chi connectivity index (χ0n) is 16.9. The van der Waals surface area contributed by atoms with Gasteiger partial charge >= 0.3 is 6.18 Å². The molecule has 2 aliphatic rings. The first-order chi connectivity index (χ1) is 14.8. The zero-order valence-corrected chi connectivity index (χ0v) is 16.9. The number of ether oxygens (including phenoxy) is 1. The lowest BCUT2D eigenvalue weighted by Crippen LogP contribution is -2.37. The molecule has 0 bridgehead atoms. The summed E-state index contributed by atoms with van der Waals surface area (Å²) in [6, 6.07) is 11.0.